The molecule has 4 nitrogen and oxygen atoms in total. The van der Waals surface area contributed by atoms with Crippen molar-refractivity contribution >= 4 is 22.3 Å². The van der Waals surface area contributed by atoms with Crippen LogP contribution in [0.5, 0.6) is 0 Å². The van der Waals surface area contributed by atoms with Gasteiger partial charge in [0.15, 0.2) is 0 Å². The fraction of sp³-hybridized carbons (Fsp3) is 0. The number of sulfonamides is 1. The van der Waals surface area contributed by atoms with Crippen molar-refractivity contribution in [3.8, 4) is 0 Å². The van der Waals surface area contributed by atoms with Gasteiger partial charge in [0.25, 0.3) is 10.0 Å². The highest BCUT2D eigenvalue weighted by molar-refractivity contribution is 7.90. The summed E-state index contributed by atoms with van der Waals surface area (Å²) < 4.78 is 26.3. The summed E-state index contributed by atoms with van der Waals surface area (Å²) in [5.74, 6) is -0.168. The molecule has 72 valence electrons. The van der Waals surface area contributed by atoms with Crippen molar-refractivity contribution in [1.82, 2.24) is 0 Å². The average Bonchev–Trinajstić information content (AvgIpc) is 2.25. The number of nitrogens with zero attached hydrogens (tertiary/aromatic N) is 1. The van der Waals surface area contributed by atoms with Crippen molar-refractivity contribution in [3.05, 3.63) is 35.6 Å². The number of fused-ring (bicyclic) bond motifs is 1. The van der Waals surface area contributed by atoms with E-state index >= 15 is 0 Å². The quantitative estimate of drug-likeness (QED) is 0.701. The maximum Gasteiger partial charge on any atom is 0.283 e. The van der Waals surface area contributed by atoms with Crippen molar-refractivity contribution in [2.75, 3.05) is 0 Å². The van der Waals surface area contributed by atoms with Crippen molar-refractivity contribution < 1.29 is 13.5 Å². The Morgan fingerprint density at radius 3 is 2.71 bits per heavy atom. The Balaban J connectivity index is 2.80. The second-order valence-electron chi connectivity index (χ2n) is 2.82. The van der Waals surface area contributed by atoms with Gasteiger partial charge in [0, 0.05) is 0 Å². The number of hydrogen-bond donors (Lipinski definition) is 1. The Bertz CT molecular complexity index is 529. The minimum absolute atomic E-state index is 0.111. The number of allylic oxidation sites excluding steroid dienone is 1. The summed E-state index contributed by atoms with van der Waals surface area (Å²) >= 11 is 0. The summed E-state index contributed by atoms with van der Waals surface area (Å²) in [4.78, 5) is 0.111. The van der Waals surface area contributed by atoms with E-state index in [-0.39, 0.29) is 10.7 Å². The molecule has 0 unspecified atom stereocenters. The van der Waals surface area contributed by atoms with Gasteiger partial charge in [0.2, 0.25) is 0 Å². The molecule has 0 radical (unpaired) electrons. The second kappa shape index (κ2) is 2.95. The van der Waals surface area contributed by atoms with E-state index in [0.29, 0.717) is 5.56 Å². The van der Waals surface area contributed by atoms with E-state index in [2.05, 4.69) is 4.40 Å². The lowest BCUT2D eigenvalue weighted by Crippen LogP contribution is -1.97. The molecule has 0 amide bonds. The highest BCUT2D eigenvalue weighted by Crippen LogP contribution is 2.21. The largest absolute Gasteiger partial charge is 0.506 e. The molecule has 0 saturated heterocycles. The van der Waals surface area contributed by atoms with Crippen LogP contribution in [0.4, 0.5) is 0 Å². The van der Waals surface area contributed by atoms with E-state index in [1.807, 2.05) is 0 Å². The Kier molecular flexibility index (Phi) is 1.89. The minimum atomic E-state index is -3.65. The van der Waals surface area contributed by atoms with Gasteiger partial charge in [-0.2, -0.15) is 12.8 Å². The lowest BCUT2D eigenvalue weighted by molar-refractivity contribution is 0.451. The zero-order chi connectivity index (χ0) is 10.2. The number of aliphatic hydroxyl groups is 1. The summed E-state index contributed by atoms with van der Waals surface area (Å²) in [5, 5.41) is 9.22. The highest BCUT2D eigenvalue weighted by Gasteiger charge is 2.17. The normalized spacial score (nSPS) is 18.1. The first-order valence-electron chi connectivity index (χ1n) is 3.90. The second-order valence-corrected chi connectivity index (χ2v) is 4.42. The molecular weight excluding hydrogens is 202 g/mol. The third-order valence-electron chi connectivity index (χ3n) is 1.82. The molecule has 2 rings (SSSR count). The molecule has 0 bridgehead atoms. The number of benzene rings is 1. The number of rotatable bonds is 0. The lowest BCUT2D eigenvalue weighted by atomic mass is 10.2. The van der Waals surface area contributed by atoms with E-state index < -0.39 is 10.0 Å². The molecule has 1 aromatic carbocycles. The molecule has 0 spiro atoms. The maximum atomic E-state index is 11.5. The summed E-state index contributed by atoms with van der Waals surface area (Å²) in [6.07, 6.45) is 2.29. The molecule has 1 N–H and O–H groups in total. The molecule has 0 saturated carbocycles. The van der Waals surface area contributed by atoms with Crippen molar-refractivity contribution in [1.29, 1.82) is 0 Å². The molecule has 0 fully saturated rings. The van der Waals surface area contributed by atoms with Crippen molar-refractivity contribution in [2.24, 2.45) is 4.40 Å². The van der Waals surface area contributed by atoms with Crippen LogP contribution in [0.1, 0.15) is 5.56 Å². The van der Waals surface area contributed by atoms with Crippen LogP contribution in [-0.2, 0) is 10.0 Å². The van der Waals surface area contributed by atoms with Crippen LogP contribution in [0, 0.1) is 0 Å². The Hall–Kier alpha value is -1.62. The highest BCUT2D eigenvalue weighted by atomic mass is 32.2. The van der Waals surface area contributed by atoms with E-state index in [1.54, 1.807) is 18.2 Å². The van der Waals surface area contributed by atoms with Gasteiger partial charge in [-0.05, 0) is 17.7 Å². The topological polar surface area (TPSA) is 66.7 Å². The fourth-order valence-electron chi connectivity index (χ4n) is 1.21. The van der Waals surface area contributed by atoms with Crippen LogP contribution in [0.2, 0.25) is 0 Å². The number of hydrogen-bond acceptors (Lipinski definition) is 3. The molecule has 1 aromatic rings. The number of aliphatic hydroxyl groups excluding tert-OH is 1. The predicted molar refractivity (Wildman–Crippen MR) is 52.7 cm³/mol. The summed E-state index contributed by atoms with van der Waals surface area (Å²) in [5.41, 5.74) is 0.447. The first-order chi connectivity index (χ1) is 6.59. The SMILES string of the molecule is O=S1(=O)N=CC(O)=Cc2ccccc21. The first-order valence-corrected chi connectivity index (χ1v) is 5.34. The van der Waals surface area contributed by atoms with Crippen LogP contribution in [0.25, 0.3) is 6.08 Å². The van der Waals surface area contributed by atoms with Gasteiger partial charge >= 0.3 is 0 Å². The first kappa shape index (κ1) is 8.96. The molecule has 0 aromatic heterocycles. The molecule has 5 heteroatoms. The standard InChI is InChI=1S/C9H7NO3S/c11-8-5-7-3-1-2-4-9(7)14(12,13)10-6-8/h1-6,11H. The fourth-order valence-corrected chi connectivity index (χ4v) is 2.25. The summed E-state index contributed by atoms with van der Waals surface area (Å²) in [7, 11) is -3.65. The van der Waals surface area contributed by atoms with Gasteiger partial charge in [0.1, 0.15) is 5.76 Å². The van der Waals surface area contributed by atoms with E-state index in [1.165, 1.54) is 12.1 Å². The van der Waals surface area contributed by atoms with Crippen molar-refractivity contribution in [2.45, 2.75) is 4.90 Å². The van der Waals surface area contributed by atoms with Crippen LogP contribution in [-0.4, -0.2) is 19.7 Å². The minimum Gasteiger partial charge on any atom is -0.506 e. The lowest BCUT2D eigenvalue weighted by Gasteiger charge is -1.99. The Morgan fingerprint density at radius 2 is 1.93 bits per heavy atom. The summed E-state index contributed by atoms with van der Waals surface area (Å²) in [6, 6.07) is 6.38. The molecule has 1 aliphatic rings. The van der Waals surface area contributed by atoms with Gasteiger partial charge in [-0.25, -0.2) is 0 Å². The average molecular weight is 209 g/mol. The zero-order valence-corrected chi connectivity index (χ0v) is 7.90. The van der Waals surface area contributed by atoms with Crippen molar-refractivity contribution in [3.63, 3.8) is 0 Å². The monoisotopic (exact) mass is 209 g/mol. The predicted octanol–water partition coefficient (Wildman–Crippen LogP) is 1.36. The van der Waals surface area contributed by atoms with E-state index in [9.17, 15) is 13.5 Å². The van der Waals surface area contributed by atoms with Crippen LogP contribution < -0.4 is 0 Å². The van der Waals surface area contributed by atoms with Gasteiger partial charge in [-0.3, -0.25) is 0 Å². The molecule has 1 aliphatic heterocycles. The van der Waals surface area contributed by atoms with Gasteiger partial charge < -0.3 is 5.11 Å². The van der Waals surface area contributed by atoms with Gasteiger partial charge in [-0.1, -0.05) is 18.2 Å². The zero-order valence-electron chi connectivity index (χ0n) is 7.08. The van der Waals surface area contributed by atoms with Gasteiger partial charge in [-0.15, -0.1) is 0 Å². The summed E-state index contributed by atoms with van der Waals surface area (Å²) in [6.45, 7) is 0. The van der Waals surface area contributed by atoms with Gasteiger partial charge in [0.05, 0.1) is 11.1 Å². The molecule has 14 heavy (non-hydrogen) atoms. The smallest absolute Gasteiger partial charge is 0.283 e. The third kappa shape index (κ3) is 1.42. The Labute approximate surface area is 81.3 Å². The molecule has 0 atom stereocenters. The van der Waals surface area contributed by atoms with Crippen LogP contribution in [0.15, 0.2) is 39.3 Å². The maximum absolute atomic E-state index is 11.5. The molecule has 1 heterocycles. The van der Waals surface area contributed by atoms with E-state index in [4.69, 9.17) is 0 Å². The Morgan fingerprint density at radius 1 is 1.21 bits per heavy atom. The van der Waals surface area contributed by atoms with Crippen LogP contribution in [0.3, 0.4) is 0 Å². The van der Waals surface area contributed by atoms with Crippen LogP contribution >= 0.6 is 0 Å². The van der Waals surface area contributed by atoms with E-state index in [0.717, 1.165) is 6.21 Å². The molecule has 0 aliphatic carbocycles. The third-order valence-corrected chi connectivity index (χ3v) is 3.13. The molecular formula is C9H7NO3S.